The lowest BCUT2D eigenvalue weighted by Gasteiger charge is -2.24. The quantitative estimate of drug-likeness (QED) is 0.805. The minimum Gasteiger partial charge on any atom is -0.369 e. The highest BCUT2D eigenvalue weighted by atomic mass is 15.3. The van der Waals surface area contributed by atoms with Crippen LogP contribution in [0.1, 0.15) is 31.4 Å². The molecule has 0 radical (unpaired) electrons. The maximum absolute atomic E-state index is 6.00. The number of nitrogen functional groups attached to an aromatic ring is 1. The zero-order valence-corrected chi connectivity index (χ0v) is 13.2. The maximum atomic E-state index is 6.00. The first-order valence-corrected chi connectivity index (χ1v) is 8.03. The highest BCUT2D eigenvalue weighted by Gasteiger charge is 2.19. The van der Waals surface area contributed by atoms with Gasteiger partial charge in [0.25, 0.3) is 0 Å². The van der Waals surface area contributed by atoms with E-state index in [1.807, 2.05) is 6.07 Å². The second-order valence-corrected chi connectivity index (χ2v) is 6.10. The topological polar surface area (TPSA) is 72.3 Å². The van der Waals surface area contributed by atoms with Gasteiger partial charge in [0, 0.05) is 17.7 Å². The van der Waals surface area contributed by atoms with E-state index in [9.17, 15) is 0 Å². The summed E-state index contributed by atoms with van der Waals surface area (Å²) in [5.41, 5.74) is 9.92. The third-order valence-corrected chi connectivity index (χ3v) is 4.67. The van der Waals surface area contributed by atoms with Crippen LogP contribution in [0.25, 0.3) is 16.9 Å². The largest absolute Gasteiger partial charge is 0.369 e. The Morgan fingerprint density at radius 1 is 1.17 bits per heavy atom. The van der Waals surface area contributed by atoms with Gasteiger partial charge in [0.1, 0.15) is 6.33 Å². The molecule has 4 rings (SSSR count). The summed E-state index contributed by atoms with van der Waals surface area (Å²) in [4.78, 5) is 7.02. The summed E-state index contributed by atoms with van der Waals surface area (Å²) in [5.74, 6) is 0.403. The fourth-order valence-electron chi connectivity index (χ4n) is 3.30. The summed E-state index contributed by atoms with van der Waals surface area (Å²) in [6.45, 7) is 4.64. The zero-order chi connectivity index (χ0) is 15.8. The van der Waals surface area contributed by atoms with Crippen LogP contribution in [0, 0.1) is 0 Å². The molecule has 6 nitrogen and oxygen atoms in total. The monoisotopic (exact) mass is 308 g/mol. The highest BCUT2D eigenvalue weighted by Crippen LogP contribution is 2.28. The molecule has 0 unspecified atom stereocenters. The van der Waals surface area contributed by atoms with Crippen LogP contribution in [0.5, 0.6) is 0 Å². The first kappa shape index (κ1) is 14.1. The van der Waals surface area contributed by atoms with Gasteiger partial charge in [0.15, 0.2) is 5.65 Å². The molecule has 2 aromatic heterocycles. The molecule has 0 bridgehead atoms. The Morgan fingerprint density at radius 3 is 2.83 bits per heavy atom. The van der Waals surface area contributed by atoms with Crippen molar-refractivity contribution in [2.24, 2.45) is 0 Å². The van der Waals surface area contributed by atoms with Crippen LogP contribution in [-0.4, -0.2) is 37.6 Å². The SMILES string of the molecule is C[C@@H](c1cccc(-c2cc3nncn3c(N)n2)c1)N1CCCC1. The van der Waals surface area contributed by atoms with Gasteiger partial charge < -0.3 is 5.73 Å². The van der Waals surface area contributed by atoms with E-state index in [0.717, 1.165) is 11.3 Å². The molecule has 23 heavy (non-hydrogen) atoms. The fourth-order valence-corrected chi connectivity index (χ4v) is 3.30. The van der Waals surface area contributed by atoms with E-state index in [1.54, 1.807) is 10.7 Å². The third kappa shape index (κ3) is 2.55. The molecule has 1 aliphatic rings. The molecule has 0 spiro atoms. The van der Waals surface area contributed by atoms with Crippen LogP contribution < -0.4 is 5.73 Å². The maximum Gasteiger partial charge on any atom is 0.207 e. The van der Waals surface area contributed by atoms with Crippen LogP contribution in [0.2, 0.25) is 0 Å². The summed E-state index contributed by atoms with van der Waals surface area (Å²) in [7, 11) is 0. The Balaban J connectivity index is 1.71. The van der Waals surface area contributed by atoms with E-state index >= 15 is 0 Å². The molecule has 1 aliphatic heterocycles. The summed E-state index contributed by atoms with van der Waals surface area (Å²) < 4.78 is 1.68. The van der Waals surface area contributed by atoms with E-state index < -0.39 is 0 Å². The Hall–Kier alpha value is -2.47. The Kier molecular flexibility index (Phi) is 3.46. The number of nitrogens with zero attached hydrogens (tertiary/aromatic N) is 5. The molecule has 3 heterocycles. The average molecular weight is 308 g/mol. The second-order valence-electron chi connectivity index (χ2n) is 6.10. The van der Waals surface area contributed by atoms with Gasteiger partial charge in [-0.1, -0.05) is 18.2 Å². The number of likely N-dealkylation sites (tertiary alicyclic amines) is 1. The van der Waals surface area contributed by atoms with Crippen molar-refractivity contribution in [2.75, 3.05) is 18.8 Å². The van der Waals surface area contributed by atoms with Gasteiger partial charge in [-0.05, 0) is 44.5 Å². The molecule has 0 saturated carbocycles. The van der Waals surface area contributed by atoms with E-state index in [2.05, 4.69) is 51.3 Å². The molecule has 1 fully saturated rings. The number of hydrogen-bond donors (Lipinski definition) is 1. The average Bonchev–Trinajstić information content (AvgIpc) is 3.25. The number of anilines is 1. The minimum atomic E-state index is 0.403. The standard InChI is InChI=1S/C17H20N6/c1-12(22-7-2-3-8-22)13-5-4-6-14(9-13)15-10-16-21-19-11-23(16)17(18)20-15/h4-6,9-12H,2-3,7-8H2,1H3,(H2,18,20)/t12-/m0/s1. The summed E-state index contributed by atoms with van der Waals surface area (Å²) in [5, 5.41) is 7.95. The van der Waals surface area contributed by atoms with Gasteiger partial charge >= 0.3 is 0 Å². The van der Waals surface area contributed by atoms with E-state index in [-0.39, 0.29) is 0 Å². The lowest BCUT2D eigenvalue weighted by molar-refractivity contribution is 0.263. The number of rotatable bonds is 3. The van der Waals surface area contributed by atoms with E-state index in [4.69, 9.17) is 5.73 Å². The van der Waals surface area contributed by atoms with Crippen molar-refractivity contribution in [3.63, 3.8) is 0 Å². The second kappa shape index (κ2) is 5.62. The van der Waals surface area contributed by atoms with Crippen LogP contribution in [-0.2, 0) is 0 Å². The summed E-state index contributed by atoms with van der Waals surface area (Å²) >= 11 is 0. The molecule has 6 heteroatoms. The fraction of sp³-hybridized carbons (Fsp3) is 0.353. The van der Waals surface area contributed by atoms with Crippen molar-refractivity contribution in [3.8, 4) is 11.3 Å². The molecule has 0 amide bonds. The first-order chi connectivity index (χ1) is 11.2. The Morgan fingerprint density at radius 2 is 2.00 bits per heavy atom. The molecular weight excluding hydrogens is 288 g/mol. The van der Waals surface area contributed by atoms with Crippen LogP contribution >= 0.6 is 0 Å². The van der Waals surface area contributed by atoms with Gasteiger partial charge in [-0.3, -0.25) is 9.30 Å². The summed E-state index contributed by atoms with van der Waals surface area (Å²) in [6.07, 6.45) is 4.17. The lowest BCUT2D eigenvalue weighted by atomic mass is 10.0. The van der Waals surface area contributed by atoms with Crippen LogP contribution in [0.4, 0.5) is 5.95 Å². The minimum absolute atomic E-state index is 0.403. The number of hydrogen-bond acceptors (Lipinski definition) is 5. The Labute approximate surface area is 135 Å². The molecular formula is C17H20N6. The Bertz CT molecular complexity index is 834. The smallest absolute Gasteiger partial charge is 0.207 e. The van der Waals surface area contributed by atoms with Crippen molar-refractivity contribution in [2.45, 2.75) is 25.8 Å². The molecule has 0 aliphatic carbocycles. The zero-order valence-electron chi connectivity index (χ0n) is 13.2. The highest BCUT2D eigenvalue weighted by molar-refractivity contribution is 5.66. The van der Waals surface area contributed by atoms with Crippen molar-refractivity contribution < 1.29 is 0 Å². The van der Waals surface area contributed by atoms with Gasteiger partial charge in [-0.25, -0.2) is 4.98 Å². The molecule has 1 aromatic carbocycles. The number of aromatic nitrogens is 4. The predicted molar refractivity (Wildman–Crippen MR) is 89.9 cm³/mol. The lowest BCUT2D eigenvalue weighted by Crippen LogP contribution is -2.23. The number of fused-ring (bicyclic) bond motifs is 1. The molecule has 1 atom stereocenters. The molecule has 2 N–H and O–H groups in total. The van der Waals surface area contributed by atoms with E-state index in [1.165, 1.54) is 31.5 Å². The van der Waals surface area contributed by atoms with Gasteiger partial charge in [0.05, 0.1) is 5.69 Å². The van der Waals surface area contributed by atoms with Gasteiger partial charge in [-0.15, -0.1) is 10.2 Å². The first-order valence-electron chi connectivity index (χ1n) is 8.03. The van der Waals surface area contributed by atoms with Crippen molar-refractivity contribution in [3.05, 3.63) is 42.2 Å². The molecule has 118 valence electrons. The van der Waals surface area contributed by atoms with E-state index in [0.29, 0.717) is 17.6 Å². The molecule has 3 aromatic rings. The van der Waals surface area contributed by atoms with Gasteiger partial charge in [0.2, 0.25) is 5.95 Å². The predicted octanol–water partition coefficient (Wildman–Crippen LogP) is 2.53. The number of benzene rings is 1. The third-order valence-electron chi connectivity index (χ3n) is 4.67. The van der Waals surface area contributed by atoms with Crippen LogP contribution in [0.15, 0.2) is 36.7 Å². The van der Waals surface area contributed by atoms with Crippen molar-refractivity contribution >= 4 is 11.6 Å². The molecule has 1 saturated heterocycles. The van der Waals surface area contributed by atoms with Crippen molar-refractivity contribution in [1.82, 2.24) is 24.5 Å². The summed E-state index contributed by atoms with van der Waals surface area (Å²) in [6, 6.07) is 10.9. The number of nitrogens with two attached hydrogens (primary N) is 1. The van der Waals surface area contributed by atoms with Crippen LogP contribution in [0.3, 0.4) is 0 Å². The normalized spacial score (nSPS) is 16.9. The van der Waals surface area contributed by atoms with Crippen molar-refractivity contribution in [1.29, 1.82) is 0 Å². The van der Waals surface area contributed by atoms with Gasteiger partial charge in [-0.2, -0.15) is 0 Å².